The van der Waals surface area contributed by atoms with Crippen molar-refractivity contribution in [2.24, 2.45) is 0 Å². The van der Waals surface area contributed by atoms with Gasteiger partial charge in [0.15, 0.2) is 0 Å². The van der Waals surface area contributed by atoms with Gasteiger partial charge in [0.1, 0.15) is 0 Å². The third-order valence-electron chi connectivity index (χ3n) is 2.05. The number of nitrogens with one attached hydrogen (secondary N) is 1. The van der Waals surface area contributed by atoms with E-state index in [4.69, 9.17) is 4.84 Å². The van der Waals surface area contributed by atoms with Gasteiger partial charge in [0.25, 0.3) is 0 Å². The average Bonchev–Trinajstić information content (AvgIpc) is 2.19. The van der Waals surface area contributed by atoms with E-state index in [-0.39, 0.29) is 5.97 Å². The number of unbranched alkanes of at least 4 members (excludes halogenated alkanes) is 4. The zero-order valence-electron chi connectivity index (χ0n) is 9.47. The number of hydrogen-bond donors (Lipinski definition) is 1. The first-order chi connectivity index (χ1) is 6.81. The number of carbonyl (C=O) groups is 1. The molecule has 84 valence electrons. The molecule has 0 saturated carbocycles. The second-order valence-corrected chi connectivity index (χ2v) is 3.53. The number of carbonyl (C=O) groups excluding carboxylic acids is 1. The smallest absolute Gasteiger partial charge is 0.324 e. The van der Waals surface area contributed by atoms with Crippen LogP contribution in [0.5, 0.6) is 0 Å². The molecule has 0 radical (unpaired) electrons. The van der Waals surface area contributed by atoms with Crippen LogP contribution in [0, 0.1) is 0 Å². The Morgan fingerprint density at radius 2 is 1.79 bits per heavy atom. The Balaban J connectivity index is 3.11. The van der Waals surface area contributed by atoms with E-state index in [9.17, 15) is 4.79 Å². The van der Waals surface area contributed by atoms with Crippen molar-refractivity contribution in [3.63, 3.8) is 0 Å². The fourth-order valence-electron chi connectivity index (χ4n) is 1.13. The highest BCUT2D eigenvalue weighted by molar-refractivity contribution is 5.68. The van der Waals surface area contributed by atoms with Crippen molar-refractivity contribution < 1.29 is 9.63 Å². The monoisotopic (exact) mass is 201 g/mol. The van der Waals surface area contributed by atoms with Crippen LogP contribution in [0.4, 0.5) is 0 Å². The largest absolute Gasteiger partial charge is 0.371 e. The van der Waals surface area contributed by atoms with Crippen LogP contribution >= 0.6 is 0 Å². The average molecular weight is 201 g/mol. The van der Waals surface area contributed by atoms with Crippen LogP contribution in [0.15, 0.2) is 0 Å². The van der Waals surface area contributed by atoms with Gasteiger partial charge in [-0.15, -0.1) is 0 Å². The van der Waals surface area contributed by atoms with E-state index in [2.05, 4.69) is 19.3 Å². The predicted molar refractivity (Wildman–Crippen MR) is 57.8 cm³/mol. The van der Waals surface area contributed by atoms with Crippen molar-refractivity contribution in [3.8, 4) is 0 Å². The highest BCUT2D eigenvalue weighted by Crippen LogP contribution is 2.02. The lowest BCUT2D eigenvalue weighted by Gasteiger charge is -2.04. The molecular weight excluding hydrogens is 178 g/mol. The van der Waals surface area contributed by atoms with Crippen LogP contribution < -0.4 is 5.48 Å². The third-order valence-corrected chi connectivity index (χ3v) is 2.05. The maximum atomic E-state index is 11.1. The molecule has 14 heavy (non-hydrogen) atoms. The second-order valence-electron chi connectivity index (χ2n) is 3.53. The summed E-state index contributed by atoms with van der Waals surface area (Å²) in [6.45, 7) is 5.02. The molecule has 3 heteroatoms. The standard InChI is InChI=1S/C11H23NO2/c1-3-5-7-8-9-11(13)14-12-10-6-4-2/h12H,3-10H2,1-2H3. The van der Waals surface area contributed by atoms with Crippen LogP contribution in [0.1, 0.15) is 58.8 Å². The highest BCUT2D eigenvalue weighted by Gasteiger charge is 2.01. The molecule has 0 rings (SSSR count). The summed E-state index contributed by atoms with van der Waals surface area (Å²) < 4.78 is 0. The number of hydroxylamine groups is 1. The third kappa shape index (κ3) is 9.52. The predicted octanol–water partition coefficient (Wildman–Crippen LogP) is 2.80. The molecule has 0 aromatic heterocycles. The first-order valence-electron chi connectivity index (χ1n) is 5.73. The number of hydrogen-bond acceptors (Lipinski definition) is 3. The van der Waals surface area contributed by atoms with Gasteiger partial charge in [-0.2, -0.15) is 5.48 Å². The van der Waals surface area contributed by atoms with Crippen molar-refractivity contribution in [1.82, 2.24) is 5.48 Å². The Kier molecular flexibility index (Phi) is 10.1. The van der Waals surface area contributed by atoms with Gasteiger partial charge in [0, 0.05) is 13.0 Å². The van der Waals surface area contributed by atoms with Gasteiger partial charge in [-0.05, 0) is 12.8 Å². The Morgan fingerprint density at radius 3 is 2.43 bits per heavy atom. The Morgan fingerprint density at radius 1 is 1.07 bits per heavy atom. The summed E-state index contributed by atoms with van der Waals surface area (Å²) in [4.78, 5) is 15.9. The maximum absolute atomic E-state index is 11.1. The first kappa shape index (κ1) is 13.4. The van der Waals surface area contributed by atoms with Crippen molar-refractivity contribution in [2.45, 2.75) is 58.8 Å². The van der Waals surface area contributed by atoms with Gasteiger partial charge in [-0.3, -0.25) is 4.79 Å². The van der Waals surface area contributed by atoms with E-state index in [1.807, 2.05) is 0 Å². The molecule has 0 amide bonds. The first-order valence-corrected chi connectivity index (χ1v) is 5.73. The van der Waals surface area contributed by atoms with Crippen LogP contribution in [0.2, 0.25) is 0 Å². The summed E-state index contributed by atoms with van der Waals surface area (Å²) in [7, 11) is 0. The van der Waals surface area contributed by atoms with Gasteiger partial charge < -0.3 is 4.84 Å². The minimum Gasteiger partial charge on any atom is -0.371 e. The molecule has 0 atom stereocenters. The van der Waals surface area contributed by atoms with Crippen LogP contribution in [0.25, 0.3) is 0 Å². The lowest BCUT2D eigenvalue weighted by Crippen LogP contribution is -2.20. The molecule has 0 bridgehead atoms. The summed E-state index contributed by atoms with van der Waals surface area (Å²) in [5.74, 6) is -0.128. The molecular formula is C11H23NO2. The van der Waals surface area contributed by atoms with Gasteiger partial charge in [-0.1, -0.05) is 39.5 Å². The molecule has 0 unspecified atom stereocenters. The summed E-state index contributed by atoms with van der Waals surface area (Å²) in [6, 6.07) is 0. The summed E-state index contributed by atoms with van der Waals surface area (Å²) in [6.07, 6.45) is 7.17. The van der Waals surface area contributed by atoms with Crippen LogP contribution in [-0.2, 0) is 9.63 Å². The molecule has 0 saturated heterocycles. The molecule has 0 heterocycles. The zero-order valence-corrected chi connectivity index (χ0v) is 9.47. The Hall–Kier alpha value is -0.570. The molecule has 0 aliphatic heterocycles. The molecule has 1 N–H and O–H groups in total. The summed E-state index contributed by atoms with van der Waals surface area (Å²) in [5.41, 5.74) is 2.68. The minimum atomic E-state index is -0.128. The van der Waals surface area contributed by atoms with Gasteiger partial charge in [-0.25, -0.2) is 0 Å². The van der Waals surface area contributed by atoms with Gasteiger partial charge >= 0.3 is 5.97 Å². The molecule has 0 aliphatic rings. The van der Waals surface area contributed by atoms with Gasteiger partial charge in [0.05, 0.1) is 0 Å². The lowest BCUT2D eigenvalue weighted by molar-refractivity contribution is -0.151. The van der Waals surface area contributed by atoms with Crippen molar-refractivity contribution in [1.29, 1.82) is 0 Å². The molecule has 0 aromatic carbocycles. The van der Waals surface area contributed by atoms with Crippen LogP contribution in [-0.4, -0.2) is 12.5 Å². The lowest BCUT2D eigenvalue weighted by atomic mass is 10.2. The SMILES string of the molecule is CCCCCCC(=O)ONCCCC. The topological polar surface area (TPSA) is 38.3 Å². The molecule has 3 nitrogen and oxygen atoms in total. The van der Waals surface area contributed by atoms with E-state index < -0.39 is 0 Å². The van der Waals surface area contributed by atoms with E-state index in [0.717, 1.165) is 32.2 Å². The van der Waals surface area contributed by atoms with Crippen LogP contribution in [0.3, 0.4) is 0 Å². The van der Waals surface area contributed by atoms with E-state index in [1.54, 1.807) is 0 Å². The molecule has 0 fully saturated rings. The van der Waals surface area contributed by atoms with Crippen molar-refractivity contribution in [2.75, 3.05) is 6.54 Å². The molecule has 0 aromatic rings. The van der Waals surface area contributed by atoms with E-state index in [1.165, 1.54) is 12.8 Å². The fraction of sp³-hybridized carbons (Fsp3) is 0.909. The quantitative estimate of drug-likeness (QED) is 0.460. The number of rotatable bonds is 9. The molecule has 0 spiro atoms. The van der Waals surface area contributed by atoms with Crippen molar-refractivity contribution in [3.05, 3.63) is 0 Å². The fourth-order valence-corrected chi connectivity index (χ4v) is 1.13. The van der Waals surface area contributed by atoms with Crippen molar-refractivity contribution >= 4 is 5.97 Å². The normalized spacial score (nSPS) is 10.1. The van der Waals surface area contributed by atoms with E-state index in [0.29, 0.717) is 6.42 Å². The minimum absolute atomic E-state index is 0.128. The molecule has 0 aliphatic carbocycles. The summed E-state index contributed by atoms with van der Waals surface area (Å²) in [5, 5.41) is 0. The van der Waals surface area contributed by atoms with Gasteiger partial charge in [0.2, 0.25) is 0 Å². The summed E-state index contributed by atoms with van der Waals surface area (Å²) >= 11 is 0. The second kappa shape index (κ2) is 10.5. The highest BCUT2D eigenvalue weighted by atomic mass is 16.7. The van der Waals surface area contributed by atoms with E-state index >= 15 is 0 Å². The Bertz CT molecular complexity index is 123. The maximum Gasteiger partial charge on any atom is 0.324 e. The zero-order chi connectivity index (χ0) is 10.6. The Labute approximate surface area is 87.2 Å².